The average Bonchev–Trinajstić information content (AvgIpc) is 3.12. The molecule has 0 radical (unpaired) electrons. The summed E-state index contributed by atoms with van der Waals surface area (Å²) >= 11 is 0. The second-order valence-electron chi connectivity index (χ2n) is 6.73. The number of carbonyl (C=O) groups is 1. The quantitative estimate of drug-likeness (QED) is 0.834. The topological polar surface area (TPSA) is 140 Å². The minimum atomic E-state index is -1.78. The Balaban J connectivity index is 2.22. The maximum atomic E-state index is 12.3. The maximum absolute atomic E-state index is 12.3. The molecule has 2 aliphatic rings. The molecular weight excluding hydrogens is 358 g/mol. The predicted octanol–water partition coefficient (Wildman–Crippen LogP) is 2.47. The Labute approximate surface area is 162 Å². The summed E-state index contributed by atoms with van der Waals surface area (Å²) in [5.41, 5.74) is 5.08. The van der Waals surface area contributed by atoms with Crippen molar-refractivity contribution in [3.8, 4) is 18.2 Å². The van der Waals surface area contributed by atoms with E-state index >= 15 is 0 Å². The molecule has 0 bridgehead atoms. The van der Waals surface area contributed by atoms with E-state index in [2.05, 4.69) is 0 Å². The molecule has 1 aliphatic heterocycles. The van der Waals surface area contributed by atoms with Gasteiger partial charge in [-0.25, -0.2) is 4.79 Å². The van der Waals surface area contributed by atoms with Crippen LogP contribution in [-0.2, 0) is 4.74 Å². The number of nitriles is 3. The van der Waals surface area contributed by atoms with Gasteiger partial charge in [0.05, 0.1) is 35.9 Å². The molecule has 1 aliphatic carbocycles. The fourth-order valence-electron chi connectivity index (χ4n) is 3.97. The third-order valence-electron chi connectivity index (χ3n) is 5.26. The van der Waals surface area contributed by atoms with Crippen molar-refractivity contribution in [1.29, 1.82) is 15.8 Å². The molecule has 28 heavy (non-hydrogen) atoms. The Hall–Kier alpha value is -3.70. The van der Waals surface area contributed by atoms with Crippen molar-refractivity contribution >= 4 is 6.09 Å². The van der Waals surface area contributed by atoms with Gasteiger partial charge in [-0.2, -0.15) is 15.8 Å². The lowest BCUT2D eigenvalue weighted by atomic mass is 9.59. The van der Waals surface area contributed by atoms with Gasteiger partial charge in [0.2, 0.25) is 0 Å². The average molecular weight is 377 g/mol. The van der Waals surface area contributed by atoms with Crippen LogP contribution in [0.4, 0.5) is 4.79 Å². The van der Waals surface area contributed by atoms with Crippen molar-refractivity contribution < 1.29 is 13.9 Å². The number of fused-ring (bicyclic) bond motifs is 1. The Morgan fingerprint density at radius 3 is 2.64 bits per heavy atom. The highest BCUT2D eigenvalue weighted by Gasteiger charge is 2.56. The molecule has 0 aromatic carbocycles. The van der Waals surface area contributed by atoms with Gasteiger partial charge in [0.1, 0.15) is 17.6 Å². The lowest BCUT2D eigenvalue weighted by Gasteiger charge is -2.44. The molecule has 1 aromatic rings. The molecule has 3 rings (SSSR count). The zero-order valence-corrected chi connectivity index (χ0v) is 15.6. The predicted molar refractivity (Wildman–Crippen MR) is 96.8 cm³/mol. The van der Waals surface area contributed by atoms with Crippen LogP contribution in [0.1, 0.15) is 24.4 Å². The first kappa shape index (κ1) is 19.1. The third kappa shape index (κ3) is 2.69. The number of nitrogens with two attached hydrogens (primary N) is 1. The van der Waals surface area contributed by atoms with Gasteiger partial charge in [-0.3, -0.25) is 0 Å². The molecule has 2 atom stereocenters. The summed E-state index contributed by atoms with van der Waals surface area (Å²) in [4.78, 5) is 13.7. The number of amides is 1. The molecule has 1 amide bonds. The number of ether oxygens (including phenoxy) is 1. The first-order chi connectivity index (χ1) is 13.4. The van der Waals surface area contributed by atoms with Crippen LogP contribution < -0.4 is 5.73 Å². The van der Waals surface area contributed by atoms with Crippen LogP contribution in [0.25, 0.3) is 0 Å². The van der Waals surface area contributed by atoms with Gasteiger partial charge in [0.25, 0.3) is 0 Å². The van der Waals surface area contributed by atoms with Gasteiger partial charge < -0.3 is 19.8 Å². The fourth-order valence-corrected chi connectivity index (χ4v) is 3.97. The van der Waals surface area contributed by atoms with Crippen molar-refractivity contribution in [1.82, 2.24) is 4.90 Å². The van der Waals surface area contributed by atoms with Gasteiger partial charge in [0.15, 0.2) is 5.41 Å². The first-order valence-corrected chi connectivity index (χ1v) is 8.84. The normalized spacial score (nSPS) is 23.0. The van der Waals surface area contributed by atoms with Crippen LogP contribution in [0.15, 0.2) is 39.5 Å². The van der Waals surface area contributed by atoms with Crippen molar-refractivity contribution in [3.63, 3.8) is 0 Å². The summed E-state index contributed by atoms with van der Waals surface area (Å²) in [6, 6.07) is 9.53. The Bertz CT molecular complexity index is 984. The lowest BCUT2D eigenvalue weighted by molar-refractivity contribution is 0.0985. The molecule has 2 N–H and O–H groups in total. The molecule has 142 valence electrons. The van der Waals surface area contributed by atoms with Gasteiger partial charge in [-0.1, -0.05) is 6.08 Å². The second kappa shape index (κ2) is 7.13. The molecule has 8 nitrogen and oxygen atoms in total. The summed E-state index contributed by atoms with van der Waals surface area (Å²) in [6.07, 6.45) is 1.24. The lowest BCUT2D eigenvalue weighted by Crippen LogP contribution is -2.49. The highest BCUT2D eigenvalue weighted by Crippen LogP contribution is 2.54. The van der Waals surface area contributed by atoms with E-state index in [4.69, 9.17) is 14.9 Å². The second-order valence-corrected chi connectivity index (χ2v) is 6.73. The molecule has 1 aromatic heterocycles. The van der Waals surface area contributed by atoms with E-state index in [0.29, 0.717) is 17.1 Å². The minimum Gasteiger partial charge on any atom is -0.466 e. The molecule has 0 spiro atoms. The van der Waals surface area contributed by atoms with Crippen molar-refractivity contribution in [2.24, 2.45) is 17.1 Å². The van der Waals surface area contributed by atoms with Crippen molar-refractivity contribution in [2.75, 3.05) is 19.7 Å². The molecule has 0 saturated heterocycles. The van der Waals surface area contributed by atoms with Crippen molar-refractivity contribution in [2.45, 2.75) is 19.8 Å². The zero-order chi connectivity index (χ0) is 20.5. The first-order valence-electron chi connectivity index (χ1n) is 8.84. The fraction of sp³-hybridized carbons (Fsp3) is 0.400. The number of aryl methyl sites for hydroxylation is 1. The van der Waals surface area contributed by atoms with Crippen LogP contribution in [-0.4, -0.2) is 30.7 Å². The number of allylic oxidation sites excluding steroid dienone is 2. The number of hydrogen-bond acceptors (Lipinski definition) is 7. The van der Waals surface area contributed by atoms with E-state index in [-0.39, 0.29) is 31.0 Å². The van der Waals surface area contributed by atoms with E-state index in [1.54, 1.807) is 32.1 Å². The van der Waals surface area contributed by atoms with E-state index < -0.39 is 23.3 Å². The zero-order valence-electron chi connectivity index (χ0n) is 15.6. The smallest absolute Gasteiger partial charge is 0.410 e. The van der Waals surface area contributed by atoms with Crippen LogP contribution in [0, 0.1) is 52.2 Å². The molecule has 0 unspecified atom stereocenters. The molecule has 0 saturated carbocycles. The maximum Gasteiger partial charge on any atom is 0.410 e. The minimum absolute atomic E-state index is 0.0777. The summed E-state index contributed by atoms with van der Waals surface area (Å²) < 4.78 is 10.9. The number of furan rings is 1. The molecule has 0 fully saturated rings. The number of carbonyl (C=O) groups excluding carboxylic acids is 1. The van der Waals surface area contributed by atoms with E-state index in [1.807, 2.05) is 18.2 Å². The largest absolute Gasteiger partial charge is 0.466 e. The summed E-state index contributed by atoms with van der Waals surface area (Å²) in [6.45, 7) is 4.13. The van der Waals surface area contributed by atoms with Gasteiger partial charge in [-0.05, 0) is 31.6 Å². The summed E-state index contributed by atoms with van der Waals surface area (Å²) in [5, 5.41) is 29.6. The van der Waals surface area contributed by atoms with E-state index in [1.165, 1.54) is 4.90 Å². The Morgan fingerprint density at radius 2 is 2.11 bits per heavy atom. The third-order valence-corrected chi connectivity index (χ3v) is 5.26. The SMILES string of the molecule is CCOC(=O)N1CC=C2C(C#N)=C(N)C(C#N)(C#N)[C@@H](c3ccc(C)o3)[C@H]2C1. The van der Waals surface area contributed by atoms with Gasteiger partial charge in [0, 0.05) is 19.0 Å². The Morgan fingerprint density at radius 1 is 1.39 bits per heavy atom. The standard InChI is InChI=1S/C20H19N5O3/c1-3-27-19(26)25-7-6-13-14(8-21)18(24)20(10-22,11-23)17(15(13)9-25)16-5-4-12(2)28-16/h4-6,15,17H,3,7,9,24H2,1-2H3/t15-,17+/m0/s1. The number of hydrogen-bond donors (Lipinski definition) is 1. The Kier molecular flexibility index (Phi) is 4.86. The van der Waals surface area contributed by atoms with Crippen molar-refractivity contribution in [3.05, 3.63) is 46.6 Å². The van der Waals surface area contributed by atoms with Crippen LogP contribution in [0.5, 0.6) is 0 Å². The van der Waals surface area contributed by atoms with Gasteiger partial charge >= 0.3 is 6.09 Å². The van der Waals surface area contributed by atoms with Crippen LogP contribution in [0.2, 0.25) is 0 Å². The number of nitrogens with zero attached hydrogens (tertiary/aromatic N) is 4. The highest BCUT2D eigenvalue weighted by atomic mass is 16.6. The number of rotatable bonds is 2. The molecule has 2 heterocycles. The highest BCUT2D eigenvalue weighted by molar-refractivity contribution is 5.69. The van der Waals surface area contributed by atoms with E-state index in [9.17, 15) is 20.6 Å². The van der Waals surface area contributed by atoms with Crippen LogP contribution >= 0.6 is 0 Å². The summed E-state index contributed by atoms with van der Waals surface area (Å²) in [7, 11) is 0. The van der Waals surface area contributed by atoms with E-state index in [0.717, 1.165) is 0 Å². The molecular formula is C20H19N5O3. The van der Waals surface area contributed by atoms with Crippen LogP contribution in [0.3, 0.4) is 0 Å². The summed E-state index contributed by atoms with van der Waals surface area (Å²) in [5.74, 6) is -0.235. The van der Waals surface area contributed by atoms with Gasteiger partial charge in [-0.15, -0.1) is 0 Å². The molecule has 8 heteroatoms. The monoisotopic (exact) mass is 377 g/mol.